The maximum atomic E-state index is 13.5. The van der Waals surface area contributed by atoms with Crippen LogP contribution in [0.15, 0.2) is 0 Å². The molecule has 1 saturated heterocycles. The lowest BCUT2D eigenvalue weighted by Gasteiger charge is -2.63. The first-order valence-corrected chi connectivity index (χ1v) is 10.5. The molecule has 0 bridgehead atoms. The Morgan fingerprint density at radius 1 is 1.08 bits per heavy atom. The molecule has 144 valence electrons. The van der Waals surface area contributed by atoms with Gasteiger partial charge in [0.05, 0.1) is 5.54 Å². The van der Waals surface area contributed by atoms with E-state index in [0.29, 0.717) is 24.3 Å². The molecule has 4 heteroatoms. The van der Waals surface area contributed by atoms with Gasteiger partial charge >= 0.3 is 0 Å². The van der Waals surface area contributed by atoms with Gasteiger partial charge in [-0.2, -0.15) is 5.06 Å². The highest BCUT2D eigenvalue weighted by Gasteiger charge is 2.63. The molecule has 25 heavy (non-hydrogen) atoms. The molecule has 3 fully saturated rings. The highest BCUT2D eigenvalue weighted by atomic mass is 16.5. The van der Waals surface area contributed by atoms with E-state index >= 15 is 0 Å². The van der Waals surface area contributed by atoms with Crippen LogP contribution in [0.4, 0.5) is 0 Å². The standard InChI is InChI=1S/C21H38N2O2/c1-15(2)18-10-9-17(5)13-21(18)14-22(16(3)4)19(24)20(23(21)25)11-7-6-8-12-20/h15-18,25H,6-14H2,1-5H3/t17?,18?,21-/m1/s1. The molecular weight excluding hydrogens is 312 g/mol. The average Bonchev–Trinajstić information content (AvgIpc) is 2.57. The van der Waals surface area contributed by atoms with Crippen LogP contribution in [0.2, 0.25) is 0 Å². The Morgan fingerprint density at radius 3 is 2.28 bits per heavy atom. The first-order chi connectivity index (χ1) is 11.7. The van der Waals surface area contributed by atoms with Crippen molar-refractivity contribution in [2.45, 2.75) is 103 Å². The van der Waals surface area contributed by atoms with Crippen LogP contribution in [0.3, 0.4) is 0 Å². The number of hydrogen-bond donors (Lipinski definition) is 1. The lowest BCUT2D eigenvalue weighted by atomic mass is 9.61. The third-order valence-corrected chi connectivity index (χ3v) is 7.40. The third-order valence-electron chi connectivity index (χ3n) is 7.40. The van der Waals surface area contributed by atoms with Crippen LogP contribution in [0, 0.1) is 17.8 Å². The monoisotopic (exact) mass is 350 g/mol. The number of hydroxylamine groups is 2. The Bertz CT molecular complexity index is 498. The van der Waals surface area contributed by atoms with Gasteiger partial charge in [0.15, 0.2) is 0 Å². The minimum atomic E-state index is -0.676. The minimum Gasteiger partial charge on any atom is -0.337 e. The number of hydrogen-bond acceptors (Lipinski definition) is 3. The van der Waals surface area contributed by atoms with Crippen LogP contribution < -0.4 is 0 Å². The summed E-state index contributed by atoms with van der Waals surface area (Å²) in [4.78, 5) is 15.6. The normalized spacial score (nSPS) is 36.8. The molecule has 2 aliphatic carbocycles. The number of amides is 1. The van der Waals surface area contributed by atoms with E-state index in [4.69, 9.17) is 0 Å². The van der Waals surface area contributed by atoms with Crippen molar-refractivity contribution >= 4 is 5.91 Å². The Kier molecular flexibility index (Phi) is 5.25. The zero-order valence-electron chi connectivity index (χ0n) is 16.9. The van der Waals surface area contributed by atoms with Crippen LogP contribution in [0.5, 0.6) is 0 Å². The van der Waals surface area contributed by atoms with Crippen LogP contribution in [-0.4, -0.2) is 44.7 Å². The fraction of sp³-hybridized carbons (Fsp3) is 0.952. The molecule has 2 saturated carbocycles. The molecule has 0 aromatic rings. The highest BCUT2D eigenvalue weighted by Crippen LogP contribution is 2.52. The van der Waals surface area contributed by atoms with Gasteiger partial charge in [-0.25, -0.2) is 0 Å². The second-order valence-electron chi connectivity index (χ2n) is 9.77. The second kappa shape index (κ2) is 6.84. The molecule has 3 aliphatic rings. The van der Waals surface area contributed by atoms with Crippen molar-refractivity contribution < 1.29 is 10.0 Å². The van der Waals surface area contributed by atoms with Crippen molar-refractivity contribution in [3.05, 3.63) is 0 Å². The molecule has 1 aliphatic heterocycles. The van der Waals surface area contributed by atoms with Crippen molar-refractivity contribution in [1.82, 2.24) is 9.96 Å². The van der Waals surface area contributed by atoms with Gasteiger partial charge in [-0.3, -0.25) is 4.79 Å². The van der Waals surface area contributed by atoms with E-state index in [-0.39, 0.29) is 17.5 Å². The average molecular weight is 351 g/mol. The molecule has 3 atom stereocenters. The number of carbonyl (C=O) groups is 1. The fourth-order valence-electron chi connectivity index (χ4n) is 6.17. The Labute approximate surface area is 153 Å². The molecule has 1 heterocycles. The van der Waals surface area contributed by atoms with E-state index < -0.39 is 5.54 Å². The summed E-state index contributed by atoms with van der Waals surface area (Å²) in [7, 11) is 0. The molecule has 0 aromatic carbocycles. The Morgan fingerprint density at radius 2 is 1.72 bits per heavy atom. The van der Waals surface area contributed by atoms with Gasteiger partial charge < -0.3 is 10.1 Å². The van der Waals surface area contributed by atoms with Crippen LogP contribution in [0.1, 0.15) is 86.0 Å². The second-order valence-corrected chi connectivity index (χ2v) is 9.77. The van der Waals surface area contributed by atoms with Gasteiger partial charge in [-0.15, -0.1) is 0 Å². The van der Waals surface area contributed by atoms with Crippen molar-refractivity contribution in [3.63, 3.8) is 0 Å². The van der Waals surface area contributed by atoms with Gasteiger partial charge in [-0.05, 0) is 57.3 Å². The maximum Gasteiger partial charge on any atom is 0.245 e. The van der Waals surface area contributed by atoms with Crippen molar-refractivity contribution in [2.24, 2.45) is 17.8 Å². The van der Waals surface area contributed by atoms with Crippen molar-refractivity contribution in [1.29, 1.82) is 0 Å². The topological polar surface area (TPSA) is 43.8 Å². The number of piperazine rings is 1. The zero-order chi connectivity index (χ0) is 18.4. The van der Waals surface area contributed by atoms with E-state index in [1.807, 2.05) is 0 Å². The molecular formula is C21H38N2O2. The van der Waals surface area contributed by atoms with E-state index in [9.17, 15) is 10.0 Å². The van der Waals surface area contributed by atoms with Crippen molar-refractivity contribution in [3.8, 4) is 0 Å². The quantitative estimate of drug-likeness (QED) is 0.799. The zero-order valence-corrected chi connectivity index (χ0v) is 16.9. The lowest BCUT2D eigenvalue weighted by molar-refractivity contribution is -0.296. The Hall–Kier alpha value is -0.610. The SMILES string of the molecule is CC1CCC(C(C)C)[C@@]2(C1)CN(C(C)C)C(=O)C1(CCCCC1)N2O. The molecule has 4 nitrogen and oxygen atoms in total. The molecule has 2 spiro atoms. The third kappa shape index (κ3) is 2.93. The Balaban J connectivity index is 2.09. The number of carbonyl (C=O) groups excluding carboxylic acids is 1. The summed E-state index contributed by atoms with van der Waals surface area (Å²) in [6, 6.07) is 0.196. The molecule has 0 radical (unpaired) electrons. The van der Waals surface area contributed by atoms with Crippen LogP contribution >= 0.6 is 0 Å². The van der Waals surface area contributed by atoms with Crippen molar-refractivity contribution in [2.75, 3.05) is 6.54 Å². The van der Waals surface area contributed by atoms with Crippen LogP contribution in [-0.2, 0) is 4.79 Å². The molecule has 2 unspecified atom stereocenters. The first-order valence-electron chi connectivity index (χ1n) is 10.5. The van der Waals surface area contributed by atoms with Gasteiger partial charge in [-0.1, -0.05) is 46.5 Å². The summed E-state index contributed by atoms with van der Waals surface area (Å²) < 4.78 is 0. The van der Waals surface area contributed by atoms with Gasteiger partial charge in [0, 0.05) is 12.6 Å². The largest absolute Gasteiger partial charge is 0.337 e. The van der Waals surface area contributed by atoms with Gasteiger partial charge in [0.1, 0.15) is 5.54 Å². The molecule has 1 amide bonds. The predicted molar refractivity (Wildman–Crippen MR) is 100 cm³/mol. The maximum absolute atomic E-state index is 13.5. The number of rotatable bonds is 2. The first kappa shape index (κ1) is 19.2. The summed E-state index contributed by atoms with van der Waals surface area (Å²) in [5.41, 5.74) is -0.952. The smallest absolute Gasteiger partial charge is 0.245 e. The summed E-state index contributed by atoms with van der Waals surface area (Å²) >= 11 is 0. The van der Waals surface area contributed by atoms with Gasteiger partial charge in [0.25, 0.3) is 0 Å². The lowest BCUT2D eigenvalue weighted by Crippen LogP contribution is -2.78. The van der Waals surface area contributed by atoms with E-state index in [1.165, 1.54) is 12.8 Å². The van der Waals surface area contributed by atoms with E-state index in [0.717, 1.165) is 38.5 Å². The summed E-state index contributed by atoms with van der Waals surface area (Å²) in [6.45, 7) is 11.8. The van der Waals surface area contributed by atoms with Gasteiger partial charge in [0.2, 0.25) is 5.91 Å². The molecule has 1 N–H and O–H groups in total. The molecule has 3 rings (SSSR count). The van der Waals surface area contributed by atoms with E-state index in [1.54, 1.807) is 5.06 Å². The van der Waals surface area contributed by atoms with Crippen LogP contribution in [0.25, 0.3) is 0 Å². The minimum absolute atomic E-state index is 0.177. The summed E-state index contributed by atoms with van der Waals surface area (Å²) in [6.07, 6.45) is 8.30. The highest BCUT2D eigenvalue weighted by molar-refractivity contribution is 5.87. The number of nitrogens with zero attached hydrogens (tertiary/aromatic N) is 2. The predicted octanol–water partition coefficient (Wildman–Crippen LogP) is 4.46. The fourth-order valence-corrected chi connectivity index (χ4v) is 6.17. The summed E-state index contributed by atoms with van der Waals surface area (Å²) in [5, 5.41) is 13.3. The van der Waals surface area contributed by atoms with E-state index in [2.05, 4.69) is 39.5 Å². The molecule has 0 aromatic heterocycles. The summed E-state index contributed by atoms with van der Waals surface area (Å²) in [5.74, 6) is 1.75.